The molecule has 1 aromatic heterocycles. The summed E-state index contributed by atoms with van der Waals surface area (Å²) < 4.78 is 5.08. The van der Waals surface area contributed by atoms with Gasteiger partial charge in [0.05, 0.1) is 12.8 Å². The molecule has 1 heterocycles. The van der Waals surface area contributed by atoms with Gasteiger partial charge in [0.25, 0.3) is 0 Å². The van der Waals surface area contributed by atoms with Crippen molar-refractivity contribution in [3.05, 3.63) is 46.0 Å². The third-order valence-corrected chi connectivity index (χ3v) is 2.83. The minimum atomic E-state index is -0.369. The molecule has 0 spiro atoms. The van der Waals surface area contributed by atoms with E-state index < -0.39 is 0 Å². The third-order valence-electron chi connectivity index (χ3n) is 2.83. The first-order valence-corrected chi connectivity index (χ1v) is 5.82. The van der Waals surface area contributed by atoms with Gasteiger partial charge in [0, 0.05) is 0 Å². The molecule has 2 rings (SSSR count). The first kappa shape index (κ1) is 12.3. The van der Waals surface area contributed by atoms with E-state index in [4.69, 9.17) is 4.74 Å². The second kappa shape index (κ2) is 5.44. The van der Waals surface area contributed by atoms with Gasteiger partial charge in [-0.3, -0.25) is 4.98 Å². The Morgan fingerprint density at radius 3 is 2.44 bits per heavy atom. The van der Waals surface area contributed by atoms with Crippen LogP contribution >= 0.6 is 0 Å². The second-order valence-electron chi connectivity index (χ2n) is 4.11. The molecule has 0 unspecified atom stereocenters. The molecule has 0 bridgehead atoms. The van der Waals surface area contributed by atoms with Crippen LogP contribution in [0, 0.1) is 0 Å². The van der Waals surface area contributed by atoms with Crippen LogP contribution in [0.5, 0.6) is 11.6 Å². The smallest absolute Gasteiger partial charge is 0.325 e. The number of aromatic amines is 2. The molecule has 1 aromatic carbocycles. The van der Waals surface area contributed by atoms with E-state index in [0.717, 1.165) is 18.6 Å². The summed E-state index contributed by atoms with van der Waals surface area (Å²) in [6, 6.07) is 7.87. The molecule has 0 saturated carbocycles. The van der Waals surface area contributed by atoms with Crippen LogP contribution in [0.4, 0.5) is 0 Å². The molecule has 0 radical (unpaired) electrons. The van der Waals surface area contributed by atoms with Gasteiger partial charge in [-0.25, -0.2) is 4.79 Å². The SMILES string of the molecule is COc1ccc(CCCc2[nH]c(=O)[nH]c2O)cc1. The van der Waals surface area contributed by atoms with Gasteiger partial charge in [-0.05, 0) is 37.0 Å². The molecule has 0 aliphatic rings. The van der Waals surface area contributed by atoms with Crippen LogP contribution in [0.3, 0.4) is 0 Å². The summed E-state index contributed by atoms with van der Waals surface area (Å²) in [5.74, 6) is 0.779. The average molecular weight is 248 g/mol. The Bertz CT molecular complexity index is 554. The third kappa shape index (κ3) is 2.94. The summed E-state index contributed by atoms with van der Waals surface area (Å²) in [5.41, 5.74) is 1.40. The molecule has 3 N–H and O–H groups in total. The highest BCUT2D eigenvalue weighted by atomic mass is 16.5. The molecule has 5 nitrogen and oxygen atoms in total. The number of hydrogen-bond donors (Lipinski definition) is 3. The van der Waals surface area contributed by atoms with Crippen LogP contribution in [0.1, 0.15) is 17.7 Å². The predicted octanol–water partition coefficient (Wildman–Crippen LogP) is 1.59. The van der Waals surface area contributed by atoms with Crippen LogP contribution < -0.4 is 10.4 Å². The van der Waals surface area contributed by atoms with Gasteiger partial charge in [0.15, 0.2) is 0 Å². The molecule has 96 valence electrons. The fourth-order valence-corrected chi connectivity index (χ4v) is 1.85. The van der Waals surface area contributed by atoms with E-state index in [1.165, 1.54) is 5.56 Å². The normalized spacial score (nSPS) is 10.5. The van der Waals surface area contributed by atoms with E-state index in [-0.39, 0.29) is 11.6 Å². The van der Waals surface area contributed by atoms with E-state index in [1.807, 2.05) is 24.3 Å². The minimum absolute atomic E-state index is 0.0604. The van der Waals surface area contributed by atoms with Crippen molar-refractivity contribution in [3.63, 3.8) is 0 Å². The molecular formula is C13H16N2O3. The van der Waals surface area contributed by atoms with Crippen molar-refractivity contribution < 1.29 is 9.84 Å². The number of ether oxygens (including phenoxy) is 1. The van der Waals surface area contributed by atoms with E-state index in [9.17, 15) is 9.90 Å². The molecule has 0 aliphatic heterocycles. The molecule has 5 heteroatoms. The number of nitrogens with one attached hydrogen (secondary N) is 2. The fourth-order valence-electron chi connectivity index (χ4n) is 1.85. The van der Waals surface area contributed by atoms with Crippen molar-refractivity contribution in [2.45, 2.75) is 19.3 Å². The number of imidazole rings is 1. The van der Waals surface area contributed by atoms with Gasteiger partial charge < -0.3 is 14.8 Å². The lowest BCUT2D eigenvalue weighted by molar-refractivity contribution is 0.414. The summed E-state index contributed by atoms with van der Waals surface area (Å²) >= 11 is 0. The summed E-state index contributed by atoms with van der Waals surface area (Å²) in [5, 5.41) is 9.39. The second-order valence-corrected chi connectivity index (χ2v) is 4.11. The standard InChI is InChI=1S/C13H16N2O3/c1-18-10-7-5-9(6-8-10)3-2-4-11-12(16)15-13(17)14-11/h5-8,16H,2-4H2,1H3,(H2,14,15,17). The Balaban J connectivity index is 1.88. The van der Waals surface area contributed by atoms with Crippen LogP contribution in [0.2, 0.25) is 0 Å². The van der Waals surface area contributed by atoms with Gasteiger partial charge in [-0.15, -0.1) is 0 Å². The molecule has 0 saturated heterocycles. The molecule has 0 aliphatic carbocycles. The van der Waals surface area contributed by atoms with Gasteiger partial charge in [0.2, 0.25) is 5.88 Å². The Hall–Kier alpha value is -2.17. The summed E-state index contributed by atoms with van der Waals surface area (Å²) in [6.45, 7) is 0. The first-order chi connectivity index (χ1) is 8.69. The van der Waals surface area contributed by atoms with Gasteiger partial charge >= 0.3 is 5.69 Å². The van der Waals surface area contributed by atoms with Crippen molar-refractivity contribution in [2.24, 2.45) is 0 Å². The molecule has 2 aromatic rings. The quantitative estimate of drug-likeness (QED) is 0.752. The van der Waals surface area contributed by atoms with Crippen molar-refractivity contribution in [1.29, 1.82) is 0 Å². The van der Waals surface area contributed by atoms with Crippen LogP contribution in [0.25, 0.3) is 0 Å². The summed E-state index contributed by atoms with van der Waals surface area (Å²) in [6.07, 6.45) is 2.38. The van der Waals surface area contributed by atoms with Crippen LogP contribution in [-0.2, 0) is 12.8 Å². The topological polar surface area (TPSA) is 78.1 Å². The van der Waals surface area contributed by atoms with Gasteiger partial charge in [0.1, 0.15) is 5.75 Å². The lowest BCUT2D eigenvalue weighted by Gasteiger charge is -2.03. The highest BCUT2D eigenvalue weighted by Gasteiger charge is 2.05. The summed E-state index contributed by atoms with van der Waals surface area (Å²) in [7, 11) is 1.64. The van der Waals surface area contributed by atoms with Gasteiger partial charge in [-0.1, -0.05) is 12.1 Å². The number of methoxy groups -OCH3 is 1. The van der Waals surface area contributed by atoms with E-state index in [0.29, 0.717) is 12.1 Å². The lowest BCUT2D eigenvalue weighted by Crippen LogP contribution is -2.01. The first-order valence-electron chi connectivity index (χ1n) is 5.82. The monoisotopic (exact) mass is 248 g/mol. The zero-order valence-electron chi connectivity index (χ0n) is 10.2. The highest BCUT2D eigenvalue weighted by Crippen LogP contribution is 2.15. The molecule has 0 atom stereocenters. The maximum atomic E-state index is 10.9. The maximum absolute atomic E-state index is 10.9. The van der Waals surface area contributed by atoms with Crippen molar-refractivity contribution in [1.82, 2.24) is 9.97 Å². The highest BCUT2D eigenvalue weighted by molar-refractivity contribution is 5.27. The number of rotatable bonds is 5. The summed E-state index contributed by atoms with van der Waals surface area (Å²) in [4.78, 5) is 15.8. The van der Waals surface area contributed by atoms with Gasteiger partial charge in [-0.2, -0.15) is 0 Å². The minimum Gasteiger partial charge on any atom is -0.497 e. The van der Waals surface area contributed by atoms with E-state index in [2.05, 4.69) is 9.97 Å². The van der Waals surface area contributed by atoms with E-state index >= 15 is 0 Å². The molecule has 18 heavy (non-hydrogen) atoms. The van der Waals surface area contributed by atoms with Crippen molar-refractivity contribution in [2.75, 3.05) is 7.11 Å². The fraction of sp³-hybridized carbons (Fsp3) is 0.308. The zero-order chi connectivity index (χ0) is 13.0. The Kier molecular flexibility index (Phi) is 3.72. The number of hydrogen-bond acceptors (Lipinski definition) is 3. The number of benzene rings is 1. The molecular weight excluding hydrogens is 232 g/mol. The Morgan fingerprint density at radius 1 is 1.17 bits per heavy atom. The number of aromatic nitrogens is 2. The largest absolute Gasteiger partial charge is 0.497 e. The molecule has 0 amide bonds. The van der Waals surface area contributed by atoms with Crippen LogP contribution in [0.15, 0.2) is 29.1 Å². The number of aryl methyl sites for hydroxylation is 2. The Labute approximate surface area is 104 Å². The molecule has 0 fully saturated rings. The van der Waals surface area contributed by atoms with Crippen molar-refractivity contribution >= 4 is 0 Å². The lowest BCUT2D eigenvalue weighted by atomic mass is 10.1. The average Bonchev–Trinajstić information content (AvgIpc) is 2.69. The number of aromatic hydroxyl groups is 1. The van der Waals surface area contributed by atoms with Crippen LogP contribution in [-0.4, -0.2) is 22.2 Å². The van der Waals surface area contributed by atoms with E-state index in [1.54, 1.807) is 7.11 Å². The Morgan fingerprint density at radius 2 is 1.89 bits per heavy atom. The maximum Gasteiger partial charge on any atom is 0.325 e. The zero-order valence-corrected chi connectivity index (χ0v) is 10.2. The number of H-pyrrole nitrogens is 2. The predicted molar refractivity (Wildman–Crippen MR) is 68.1 cm³/mol. The van der Waals surface area contributed by atoms with Crippen molar-refractivity contribution in [3.8, 4) is 11.6 Å².